The topological polar surface area (TPSA) is 69.6 Å². The highest BCUT2D eigenvalue weighted by Crippen LogP contribution is 2.19. The molecule has 0 aliphatic carbocycles. The molecule has 0 radical (unpaired) electrons. The summed E-state index contributed by atoms with van der Waals surface area (Å²) in [6.07, 6.45) is 1.74. The average molecular weight is 226 g/mol. The second kappa shape index (κ2) is 5.01. The zero-order valence-corrected chi connectivity index (χ0v) is 9.86. The first-order valence-corrected chi connectivity index (χ1v) is 5.42. The van der Waals surface area contributed by atoms with Gasteiger partial charge in [0.1, 0.15) is 0 Å². The fraction of sp³-hybridized carbons (Fsp3) is 0.636. The van der Waals surface area contributed by atoms with Gasteiger partial charge in [0.25, 0.3) is 0 Å². The molecule has 1 aliphatic rings. The summed E-state index contributed by atoms with van der Waals surface area (Å²) in [4.78, 5) is 23.4. The van der Waals surface area contributed by atoms with Crippen molar-refractivity contribution in [1.82, 2.24) is 10.2 Å². The molecular weight excluding hydrogens is 208 g/mol. The predicted molar refractivity (Wildman–Crippen MR) is 59.9 cm³/mol. The van der Waals surface area contributed by atoms with E-state index in [9.17, 15) is 9.59 Å². The molecule has 0 aromatic heterocycles. The number of carbonyl (C=O) groups excluding carboxylic acids is 1. The van der Waals surface area contributed by atoms with Crippen molar-refractivity contribution < 1.29 is 14.7 Å². The summed E-state index contributed by atoms with van der Waals surface area (Å²) in [7, 11) is 0. The molecule has 1 heterocycles. The Kier molecular flexibility index (Phi) is 3.93. The van der Waals surface area contributed by atoms with Gasteiger partial charge in [0.05, 0.1) is 12.5 Å². The van der Waals surface area contributed by atoms with E-state index in [1.807, 2.05) is 6.92 Å². The minimum absolute atomic E-state index is 0.0218. The van der Waals surface area contributed by atoms with Crippen LogP contribution in [0.4, 0.5) is 4.79 Å². The van der Waals surface area contributed by atoms with Gasteiger partial charge in [0.15, 0.2) is 0 Å². The molecule has 0 unspecified atom stereocenters. The molecule has 0 spiro atoms. The van der Waals surface area contributed by atoms with E-state index in [0.717, 1.165) is 5.57 Å². The Labute approximate surface area is 95.1 Å². The number of amides is 2. The van der Waals surface area contributed by atoms with Crippen molar-refractivity contribution in [3.63, 3.8) is 0 Å². The van der Waals surface area contributed by atoms with E-state index >= 15 is 0 Å². The minimum atomic E-state index is -0.897. The first-order valence-electron chi connectivity index (χ1n) is 5.42. The SMILES string of the molecule is CC(C)C1=CN(CCC(=O)O)C(=O)N[C@@H]1C. The van der Waals surface area contributed by atoms with Gasteiger partial charge in [-0.1, -0.05) is 13.8 Å². The molecule has 0 aromatic carbocycles. The monoisotopic (exact) mass is 226 g/mol. The number of hydrogen-bond acceptors (Lipinski definition) is 2. The third-order valence-electron chi connectivity index (χ3n) is 2.64. The average Bonchev–Trinajstić information content (AvgIpc) is 2.15. The summed E-state index contributed by atoms with van der Waals surface area (Å²) in [6, 6.07) is -0.202. The number of nitrogens with one attached hydrogen (secondary N) is 1. The molecule has 2 N–H and O–H groups in total. The van der Waals surface area contributed by atoms with Gasteiger partial charge in [0, 0.05) is 12.7 Å². The number of carboxylic acid groups (broad SMARTS) is 1. The molecule has 0 aromatic rings. The number of aliphatic carboxylic acids is 1. The van der Waals surface area contributed by atoms with E-state index in [2.05, 4.69) is 19.2 Å². The second-order valence-corrected chi connectivity index (χ2v) is 4.29. The quantitative estimate of drug-likeness (QED) is 0.761. The predicted octanol–water partition coefficient (Wildman–Crippen LogP) is 1.41. The lowest BCUT2D eigenvalue weighted by molar-refractivity contribution is -0.137. The van der Waals surface area contributed by atoms with Gasteiger partial charge in [-0.15, -0.1) is 0 Å². The molecule has 5 nitrogen and oxygen atoms in total. The van der Waals surface area contributed by atoms with Gasteiger partial charge >= 0.3 is 12.0 Å². The standard InChI is InChI=1S/C11H18N2O3/c1-7(2)9-6-13(5-4-10(14)15)11(16)12-8(9)3/h6-8H,4-5H2,1-3H3,(H,12,16)(H,14,15)/t8-/m1/s1. The summed E-state index contributed by atoms with van der Waals surface area (Å²) in [5.74, 6) is -0.561. The molecule has 1 aliphatic heterocycles. The normalized spacial score (nSPS) is 20.8. The summed E-state index contributed by atoms with van der Waals surface area (Å²) in [6.45, 7) is 6.24. The number of rotatable bonds is 4. The van der Waals surface area contributed by atoms with Crippen LogP contribution in [0.3, 0.4) is 0 Å². The van der Waals surface area contributed by atoms with Crippen molar-refractivity contribution in [2.45, 2.75) is 33.2 Å². The number of carboxylic acids is 1. The van der Waals surface area contributed by atoms with Crippen LogP contribution in [0.1, 0.15) is 27.2 Å². The van der Waals surface area contributed by atoms with Crippen LogP contribution >= 0.6 is 0 Å². The fourth-order valence-electron chi connectivity index (χ4n) is 1.73. The van der Waals surface area contributed by atoms with Crippen LogP contribution in [-0.2, 0) is 4.79 Å². The lowest BCUT2D eigenvalue weighted by Crippen LogP contribution is -2.48. The number of urea groups is 1. The fourth-order valence-corrected chi connectivity index (χ4v) is 1.73. The van der Waals surface area contributed by atoms with E-state index in [1.165, 1.54) is 4.90 Å². The molecule has 2 amide bonds. The zero-order valence-electron chi connectivity index (χ0n) is 9.86. The van der Waals surface area contributed by atoms with Crippen LogP contribution in [0.5, 0.6) is 0 Å². The lowest BCUT2D eigenvalue weighted by atomic mass is 9.96. The third kappa shape index (κ3) is 2.98. The van der Waals surface area contributed by atoms with E-state index in [4.69, 9.17) is 5.11 Å². The number of nitrogens with zero attached hydrogens (tertiary/aromatic N) is 1. The van der Waals surface area contributed by atoms with Crippen molar-refractivity contribution in [1.29, 1.82) is 0 Å². The molecule has 16 heavy (non-hydrogen) atoms. The summed E-state index contributed by atoms with van der Waals surface area (Å²) in [5, 5.41) is 11.4. The van der Waals surface area contributed by atoms with Gasteiger partial charge in [-0.3, -0.25) is 4.79 Å². The van der Waals surface area contributed by atoms with Crippen molar-refractivity contribution in [3.8, 4) is 0 Å². The lowest BCUT2D eigenvalue weighted by Gasteiger charge is -2.31. The van der Waals surface area contributed by atoms with Crippen molar-refractivity contribution in [3.05, 3.63) is 11.8 Å². The maximum Gasteiger partial charge on any atom is 0.321 e. The first-order chi connectivity index (χ1) is 7.41. The van der Waals surface area contributed by atoms with Crippen LogP contribution in [0.25, 0.3) is 0 Å². The van der Waals surface area contributed by atoms with E-state index in [1.54, 1.807) is 6.20 Å². The Balaban J connectivity index is 2.75. The molecule has 0 fully saturated rings. The van der Waals surface area contributed by atoms with Crippen LogP contribution in [0.15, 0.2) is 11.8 Å². The maximum absolute atomic E-state index is 11.6. The minimum Gasteiger partial charge on any atom is -0.481 e. The Morgan fingerprint density at radius 3 is 2.75 bits per heavy atom. The zero-order chi connectivity index (χ0) is 12.3. The second-order valence-electron chi connectivity index (χ2n) is 4.29. The Bertz CT molecular complexity index is 323. The van der Waals surface area contributed by atoms with Crippen LogP contribution in [0.2, 0.25) is 0 Å². The van der Waals surface area contributed by atoms with E-state index in [-0.39, 0.29) is 25.0 Å². The largest absolute Gasteiger partial charge is 0.481 e. The van der Waals surface area contributed by atoms with Crippen molar-refractivity contribution >= 4 is 12.0 Å². The Hall–Kier alpha value is -1.52. The molecule has 0 bridgehead atoms. The van der Waals surface area contributed by atoms with E-state index in [0.29, 0.717) is 5.92 Å². The molecule has 1 atom stereocenters. The van der Waals surface area contributed by atoms with Gasteiger partial charge in [-0.25, -0.2) is 4.79 Å². The molecule has 0 saturated carbocycles. The van der Waals surface area contributed by atoms with Crippen LogP contribution in [0, 0.1) is 5.92 Å². The Morgan fingerprint density at radius 2 is 2.25 bits per heavy atom. The van der Waals surface area contributed by atoms with Gasteiger partial charge in [-0.2, -0.15) is 0 Å². The first kappa shape index (κ1) is 12.5. The molecule has 5 heteroatoms. The number of carbonyl (C=O) groups is 2. The summed E-state index contributed by atoms with van der Waals surface area (Å²) >= 11 is 0. The highest BCUT2D eigenvalue weighted by molar-refractivity contribution is 5.78. The summed E-state index contributed by atoms with van der Waals surface area (Å²) < 4.78 is 0. The number of hydrogen-bond donors (Lipinski definition) is 2. The van der Waals surface area contributed by atoms with Crippen molar-refractivity contribution in [2.24, 2.45) is 5.92 Å². The van der Waals surface area contributed by atoms with Crippen LogP contribution < -0.4 is 5.32 Å². The van der Waals surface area contributed by atoms with E-state index < -0.39 is 5.97 Å². The molecule has 0 saturated heterocycles. The molecule has 1 rings (SSSR count). The van der Waals surface area contributed by atoms with Gasteiger partial charge < -0.3 is 15.3 Å². The van der Waals surface area contributed by atoms with Crippen molar-refractivity contribution in [2.75, 3.05) is 6.54 Å². The van der Waals surface area contributed by atoms with Gasteiger partial charge in [0.2, 0.25) is 0 Å². The smallest absolute Gasteiger partial charge is 0.321 e. The molecule has 90 valence electrons. The third-order valence-corrected chi connectivity index (χ3v) is 2.64. The molecular formula is C11H18N2O3. The highest BCUT2D eigenvalue weighted by atomic mass is 16.4. The van der Waals surface area contributed by atoms with Gasteiger partial charge in [-0.05, 0) is 18.4 Å². The summed E-state index contributed by atoms with van der Waals surface area (Å²) in [5.41, 5.74) is 1.12. The highest BCUT2D eigenvalue weighted by Gasteiger charge is 2.25. The maximum atomic E-state index is 11.6. The Morgan fingerprint density at radius 1 is 1.62 bits per heavy atom. The van der Waals surface area contributed by atoms with Crippen LogP contribution in [-0.4, -0.2) is 34.6 Å².